The number of nitrogens with one attached hydrogen (secondary N) is 1. The van der Waals surface area contributed by atoms with Gasteiger partial charge in [-0.3, -0.25) is 14.9 Å². The van der Waals surface area contributed by atoms with Crippen molar-refractivity contribution in [3.8, 4) is 0 Å². The Balaban J connectivity index is 2.24. The molecular weight excluding hydrogens is 319 g/mol. The molecule has 0 aliphatic heterocycles. The summed E-state index contributed by atoms with van der Waals surface area (Å²) in [5.74, 6) is -1.30. The van der Waals surface area contributed by atoms with Crippen LogP contribution in [0.4, 0.5) is 10.1 Å². The molecular formula is C12H10ClFN4O4. The van der Waals surface area contributed by atoms with E-state index in [2.05, 4.69) is 15.5 Å². The van der Waals surface area contributed by atoms with Crippen LogP contribution in [0.1, 0.15) is 35.0 Å². The minimum atomic E-state index is -1.19. The molecule has 1 N–H and O–H groups in total. The fourth-order valence-electron chi connectivity index (χ4n) is 1.67. The highest BCUT2D eigenvalue weighted by Gasteiger charge is 2.23. The highest BCUT2D eigenvalue weighted by Crippen LogP contribution is 2.26. The molecule has 0 fully saturated rings. The lowest BCUT2D eigenvalue weighted by Gasteiger charge is -2.10. The van der Waals surface area contributed by atoms with Crippen molar-refractivity contribution in [2.45, 2.75) is 19.9 Å². The van der Waals surface area contributed by atoms with Crippen LogP contribution in [-0.4, -0.2) is 21.0 Å². The van der Waals surface area contributed by atoms with Crippen LogP contribution < -0.4 is 5.32 Å². The molecule has 0 radical (unpaired) electrons. The summed E-state index contributed by atoms with van der Waals surface area (Å²) in [6.45, 7) is 3.20. The maximum absolute atomic E-state index is 13.5. The largest absolute Gasteiger partial charge is 0.341 e. The average molecular weight is 329 g/mol. The van der Waals surface area contributed by atoms with Crippen LogP contribution in [0, 0.1) is 22.9 Å². The second-order valence-corrected chi connectivity index (χ2v) is 4.83. The number of hydrogen-bond acceptors (Lipinski definition) is 6. The Kier molecular flexibility index (Phi) is 4.36. The minimum Gasteiger partial charge on any atom is -0.341 e. The van der Waals surface area contributed by atoms with Crippen molar-refractivity contribution in [2.24, 2.45) is 0 Å². The SMILES string of the molecule is Cc1noc([C@H](C)NC(=O)c2cc(Cl)c(F)c([N+](=O)[O-])c2)n1. The van der Waals surface area contributed by atoms with Gasteiger partial charge >= 0.3 is 5.69 Å². The van der Waals surface area contributed by atoms with Crippen molar-refractivity contribution in [3.05, 3.63) is 50.4 Å². The molecule has 116 valence electrons. The van der Waals surface area contributed by atoms with Gasteiger partial charge in [-0.1, -0.05) is 16.8 Å². The minimum absolute atomic E-state index is 0.152. The van der Waals surface area contributed by atoms with Gasteiger partial charge in [0.1, 0.15) is 6.04 Å². The molecule has 2 rings (SSSR count). The summed E-state index contributed by atoms with van der Waals surface area (Å²) in [6.07, 6.45) is 0. The summed E-state index contributed by atoms with van der Waals surface area (Å²) in [4.78, 5) is 25.8. The van der Waals surface area contributed by atoms with Crippen molar-refractivity contribution in [1.82, 2.24) is 15.5 Å². The van der Waals surface area contributed by atoms with Gasteiger partial charge in [0.15, 0.2) is 5.82 Å². The first-order valence-corrected chi connectivity index (χ1v) is 6.42. The Bertz CT molecular complexity index is 749. The Morgan fingerprint density at radius 3 is 2.77 bits per heavy atom. The number of nitro benzene ring substituents is 1. The Morgan fingerprint density at radius 2 is 2.23 bits per heavy atom. The predicted octanol–water partition coefficient (Wildman–Crippen LogP) is 2.57. The van der Waals surface area contributed by atoms with E-state index < -0.39 is 33.4 Å². The zero-order valence-electron chi connectivity index (χ0n) is 11.5. The zero-order valence-corrected chi connectivity index (χ0v) is 12.2. The number of amides is 1. The van der Waals surface area contributed by atoms with Crippen molar-refractivity contribution in [2.75, 3.05) is 0 Å². The van der Waals surface area contributed by atoms with E-state index in [1.807, 2.05) is 0 Å². The second-order valence-electron chi connectivity index (χ2n) is 4.42. The molecule has 8 nitrogen and oxygen atoms in total. The lowest BCUT2D eigenvalue weighted by Crippen LogP contribution is -2.27. The van der Waals surface area contributed by atoms with Crippen molar-refractivity contribution in [1.29, 1.82) is 0 Å². The Morgan fingerprint density at radius 1 is 1.55 bits per heavy atom. The normalized spacial score (nSPS) is 12.0. The maximum atomic E-state index is 13.5. The van der Waals surface area contributed by atoms with Gasteiger partial charge in [-0.25, -0.2) is 0 Å². The smallest absolute Gasteiger partial charge is 0.307 e. The van der Waals surface area contributed by atoms with Gasteiger partial charge in [0.2, 0.25) is 11.7 Å². The topological polar surface area (TPSA) is 111 Å². The van der Waals surface area contributed by atoms with E-state index in [1.165, 1.54) is 0 Å². The molecule has 22 heavy (non-hydrogen) atoms. The molecule has 1 amide bonds. The summed E-state index contributed by atoms with van der Waals surface area (Å²) in [7, 11) is 0. The number of benzene rings is 1. The highest BCUT2D eigenvalue weighted by atomic mass is 35.5. The summed E-state index contributed by atoms with van der Waals surface area (Å²) >= 11 is 5.56. The fourth-order valence-corrected chi connectivity index (χ4v) is 1.88. The van der Waals surface area contributed by atoms with Crippen LogP contribution in [0.3, 0.4) is 0 Å². The van der Waals surface area contributed by atoms with E-state index in [9.17, 15) is 19.3 Å². The van der Waals surface area contributed by atoms with Crippen molar-refractivity contribution >= 4 is 23.2 Å². The van der Waals surface area contributed by atoms with Crippen LogP contribution in [0.2, 0.25) is 5.02 Å². The number of carbonyl (C=O) groups excluding carboxylic acids is 1. The Hall–Kier alpha value is -2.55. The van der Waals surface area contributed by atoms with Gasteiger partial charge < -0.3 is 9.84 Å². The summed E-state index contributed by atoms with van der Waals surface area (Å²) in [6, 6.07) is 1.18. The first-order chi connectivity index (χ1) is 10.3. The predicted molar refractivity (Wildman–Crippen MR) is 73.0 cm³/mol. The summed E-state index contributed by atoms with van der Waals surface area (Å²) in [5.41, 5.74) is -1.03. The number of nitrogens with zero attached hydrogens (tertiary/aromatic N) is 3. The van der Waals surface area contributed by atoms with Gasteiger partial charge in [-0.05, 0) is 19.9 Å². The molecule has 0 bridgehead atoms. The number of halogens is 2. The molecule has 1 aromatic heterocycles. The van der Waals surface area contributed by atoms with Crippen LogP contribution >= 0.6 is 11.6 Å². The number of carbonyl (C=O) groups is 1. The third-order valence-electron chi connectivity index (χ3n) is 2.73. The van der Waals surface area contributed by atoms with E-state index in [1.54, 1.807) is 13.8 Å². The molecule has 1 aromatic carbocycles. The molecule has 0 aliphatic rings. The standard InChI is InChI=1S/C12H10ClFN4O4/c1-5(12-16-6(2)17-22-12)15-11(19)7-3-8(13)10(14)9(4-7)18(20)21/h3-5H,1-2H3,(H,15,19)/t5-/m0/s1. The second kappa shape index (κ2) is 6.06. The average Bonchev–Trinajstić information content (AvgIpc) is 2.87. The quantitative estimate of drug-likeness (QED) is 0.682. The Labute approximate surface area is 128 Å². The van der Waals surface area contributed by atoms with Gasteiger partial charge in [0, 0.05) is 11.6 Å². The summed E-state index contributed by atoms with van der Waals surface area (Å²) < 4.78 is 18.4. The molecule has 2 aromatic rings. The van der Waals surface area contributed by atoms with Crippen LogP contribution in [-0.2, 0) is 0 Å². The van der Waals surface area contributed by atoms with Crippen LogP contribution in [0.25, 0.3) is 0 Å². The van der Waals surface area contributed by atoms with Gasteiger partial charge in [-0.15, -0.1) is 0 Å². The summed E-state index contributed by atoms with van der Waals surface area (Å²) in [5, 5.41) is 16.3. The zero-order chi connectivity index (χ0) is 16.4. The number of nitro groups is 1. The van der Waals surface area contributed by atoms with Crippen LogP contribution in [0.5, 0.6) is 0 Å². The molecule has 0 spiro atoms. The van der Waals surface area contributed by atoms with E-state index in [4.69, 9.17) is 16.1 Å². The monoisotopic (exact) mass is 328 g/mol. The lowest BCUT2D eigenvalue weighted by molar-refractivity contribution is -0.387. The number of rotatable bonds is 4. The molecule has 0 aliphatic carbocycles. The van der Waals surface area contributed by atoms with Crippen molar-refractivity contribution < 1.29 is 18.6 Å². The third-order valence-corrected chi connectivity index (χ3v) is 3.00. The number of aromatic nitrogens is 2. The molecule has 10 heteroatoms. The van der Waals surface area contributed by atoms with E-state index in [0.29, 0.717) is 5.82 Å². The maximum Gasteiger partial charge on any atom is 0.307 e. The number of aryl methyl sites for hydroxylation is 1. The fraction of sp³-hybridized carbons (Fsp3) is 0.250. The first kappa shape index (κ1) is 15.8. The lowest BCUT2D eigenvalue weighted by atomic mass is 10.1. The van der Waals surface area contributed by atoms with E-state index in [0.717, 1.165) is 12.1 Å². The third kappa shape index (κ3) is 3.19. The molecule has 0 saturated heterocycles. The van der Waals surface area contributed by atoms with E-state index in [-0.39, 0.29) is 11.5 Å². The van der Waals surface area contributed by atoms with E-state index >= 15 is 0 Å². The number of hydrogen-bond donors (Lipinski definition) is 1. The molecule has 0 unspecified atom stereocenters. The highest BCUT2D eigenvalue weighted by molar-refractivity contribution is 6.31. The van der Waals surface area contributed by atoms with Gasteiger partial charge in [0.05, 0.1) is 9.95 Å². The van der Waals surface area contributed by atoms with Gasteiger partial charge in [0.25, 0.3) is 5.91 Å². The molecule has 1 atom stereocenters. The van der Waals surface area contributed by atoms with Crippen molar-refractivity contribution in [3.63, 3.8) is 0 Å². The van der Waals surface area contributed by atoms with Gasteiger partial charge in [-0.2, -0.15) is 9.37 Å². The van der Waals surface area contributed by atoms with Crippen LogP contribution in [0.15, 0.2) is 16.7 Å². The molecule has 0 saturated carbocycles. The first-order valence-electron chi connectivity index (χ1n) is 6.04. The molecule has 1 heterocycles.